The topological polar surface area (TPSA) is 54.3 Å². The summed E-state index contributed by atoms with van der Waals surface area (Å²) >= 11 is 5.09. The Morgan fingerprint density at radius 1 is 1.21 bits per heavy atom. The highest BCUT2D eigenvalue weighted by molar-refractivity contribution is 7.80. The van der Waals surface area contributed by atoms with Crippen molar-refractivity contribution in [2.45, 2.75) is 13.8 Å². The molecule has 98 valence electrons. The molecule has 0 aliphatic heterocycles. The van der Waals surface area contributed by atoms with E-state index in [4.69, 9.17) is 16.6 Å². The molecule has 0 spiro atoms. The van der Waals surface area contributed by atoms with Crippen LogP contribution in [-0.4, -0.2) is 11.0 Å². The summed E-state index contributed by atoms with van der Waals surface area (Å²) in [7, 11) is 0. The Bertz CT molecular complexity index is 605. The molecular weight excluding hydrogens is 260 g/mol. The fraction of sp³-hybridized carbons (Fsp3) is 0.143. The number of thiocarbonyl (C=S) groups is 1. The van der Waals surface area contributed by atoms with Gasteiger partial charge in [0, 0.05) is 5.69 Å². The van der Waals surface area contributed by atoms with Crippen molar-refractivity contribution in [2.75, 3.05) is 5.32 Å². The molecule has 0 atom stereocenters. The maximum absolute atomic E-state index is 12.0. The Hall–Kier alpha value is -2.14. The SMILES string of the molecule is Cc1cc(C(=O)NC(=S)Nc2ccccc2)c(C)o1. The van der Waals surface area contributed by atoms with E-state index in [1.54, 1.807) is 19.9 Å². The van der Waals surface area contributed by atoms with Gasteiger partial charge in [0.1, 0.15) is 11.5 Å². The number of carbonyl (C=O) groups is 1. The zero-order valence-electron chi connectivity index (χ0n) is 10.7. The first-order valence-corrected chi connectivity index (χ1v) is 6.21. The second kappa shape index (κ2) is 5.67. The summed E-state index contributed by atoms with van der Waals surface area (Å²) in [6.45, 7) is 3.54. The predicted octanol–water partition coefficient (Wildman–Crippen LogP) is 3.02. The zero-order valence-corrected chi connectivity index (χ0v) is 11.5. The average Bonchev–Trinajstić information content (AvgIpc) is 2.69. The number of carbonyl (C=O) groups excluding carboxylic acids is 1. The van der Waals surface area contributed by atoms with E-state index in [2.05, 4.69) is 10.6 Å². The van der Waals surface area contributed by atoms with Crippen LogP contribution in [0.1, 0.15) is 21.9 Å². The molecule has 19 heavy (non-hydrogen) atoms. The Labute approximate surface area is 116 Å². The van der Waals surface area contributed by atoms with Gasteiger partial charge in [-0.25, -0.2) is 0 Å². The molecule has 0 radical (unpaired) electrons. The summed E-state index contributed by atoms with van der Waals surface area (Å²) in [6.07, 6.45) is 0. The van der Waals surface area contributed by atoms with Gasteiger partial charge in [-0.2, -0.15) is 0 Å². The monoisotopic (exact) mass is 274 g/mol. The standard InChI is InChI=1S/C14H14N2O2S/c1-9-8-12(10(2)18-9)13(17)16-14(19)15-11-6-4-3-5-7-11/h3-8H,1-2H3,(H2,15,16,17,19). The van der Waals surface area contributed by atoms with Crippen molar-refractivity contribution in [3.8, 4) is 0 Å². The first-order valence-electron chi connectivity index (χ1n) is 5.80. The van der Waals surface area contributed by atoms with E-state index >= 15 is 0 Å². The Balaban J connectivity index is 2.00. The summed E-state index contributed by atoms with van der Waals surface area (Å²) in [6, 6.07) is 11.1. The quantitative estimate of drug-likeness (QED) is 0.827. The van der Waals surface area contributed by atoms with Crippen LogP contribution in [0.5, 0.6) is 0 Å². The second-order valence-electron chi connectivity index (χ2n) is 4.10. The number of rotatable bonds is 2. The van der Waals surface area contributed by atoms with Crippen molar-refractivity contribution in [1.82, 2.24) is 5.32 Å². The van der Waals surface area contributed by atoms with Crippen molar-refractivity contribution in [1.29, 1.82) is 0 Å². The number of aryl methyl sites for hydroxylation is 2. The molecule has 5 heteroatoms. The van der Waals surface area contributed by atoms with Crippen molar-refractivity contribution in [3.05, 3.63) is 53.5 Å². The minimum absolute atomic E-state index is 0.259. The largest absolute Gasteiger partial charge is 0.466 e. The highest BCUT2D eigenvalue weighted by Crippen LogP contribution is 2.13. The molecule has 0 saturated heterocycles. The van der Waals surface area contributed by atoms with Gasteiger partial charge in [-0.3, -0.25) is 10.1 Å². The molecule has 0 aliphatic carbocycles. The van der Waals surface area contributed by atoms with Gasteiger partial charge in [-0.15, -0.1) is 0 Å². The van der Waals surface area contributed by atoms with Gasteiger partial charge in [0.15, 0.2) is 5.11 Å². The fourth-order valence-corrected chi connectivity index (χ4v) is 1.92. The van der Waals surface area contributed by atoms with Crippen LogP contribution in [0.15, 0.2) is 40.8 Å². The van der Waals surface area contributed by atoms with Crippen LogP contribution in [0.2, 0.25) is 0 Å². The van der Waals surface area contributed by atoms with Gasteiger partial charge in [-0.1, -0.05) is 18.2 Å². The highest BCUT2D eigenvalue weighted by atomic mass is 32.1. The molecule has 0 saturated carbocycles. The van der Waals surface area contributed by atoms with Gasteiger partial charge in [0.2, 0.25) is 0 Å². The maximum atomic E-state index is 12.0. The lowest BCUT2D eigenvalue weighted by atomic mass is 10.2. The van der Waals surface area contributed by atoms with E-state index < -0.39 is 0 Å². The van der Waals surface area contributed by atoms with E-state index in [1.165, 1.54) is 0 Å². The summed E-state index contributed by atoms with van der Waals surface area (Å²) in [5, 5.41) is 5.82. The molecule has 1 aromatic carbocycles. The molecule has 2 N–H and O–H groups in total. The molecule has 2 aromatic rings. The van der Waals surface area contributed by atoms with E-state index in [0.29, 0.717) is 17.1 Å². The lowest BCUT2D eigenvalue weighted by Gasteiger charge is -2.08. The third kappa shape index (κ3) is 3.42. The van der Waals surface area contributed by atoms with Crippen molar-refractivity contribution < 1.29 is 9.21 Å². The van der Waals surface area contributed by atoms with Crippen molar-refractivity contribution in [3.63, 3.8) is 0 Å². The fourth-order valence-electron chi connectivity index (χ4n) is 1.71. The molecular formula is C14H14N2O2S. The zero-order chi connectivity index (χ0) is 13.8. The Morgan fingerprint density at radius 2 is 1.89 bits per heavy atom. The lowest BCUT2D eigenvalue weighted by molar-refractivity contribution is 0.0976. The number of hydrogen-bond donors (Lipinski definition) is 2. The minimum Gasteiger partial charge on any atom is -0.466 e. The number of benzene rings is 1. The summed E-state index contributed by atoms with van der Waals surface area (Å²) < 4.78 is 5.31. The Kier molecular flexibility index (Phi) is 3.97. The number of hydrogen-bond acceptors (Lipinski definition) is 3. The van der Waals surface area contributed by atoms with Gasteiger partial charge < -0.3 is 9.73 Å². The summed E-state index contributed by atoms with van der Waals surface area (Å²) in [5.41, 5.74) is 1.32. The number of amides is 1. The molecule has 1 amide bonds. The first-order chi connectivity index (χ1) is 9.06. The van der Waals surface area contributed by atoms with Crippen LogP contribution in [0.3, 0.4) is 0 Å². The van der Waals surface area contributed by atoms with Gasteiger partial charge in [0.25, 0.3) is 5.91 Å². The van der Waals surface area contributed by atoms with Crippen molar-refractivity contribution in [2.24, 2.45) is 0 Å². The molecule has 2 rings (SSSR count). The van der Waals surface area contributed by atoms with Crippen LogP contribution in [0.25, 0.3) is 0 Å². The second-order valence-corrected chi connectivity index (χ2v) is 4.51. The Morgan fingerprint density at radius 3 is 2.47 bits per heavy atom. The summed E-state index contributed by atoms with van der Waals surface area (Å²) in [4.78, 5) is 12.0. The lowest BCUT2D eigenvalue weighted by Crippen LogP contribution is -2.34. The van der Waals surface area contributed by atoms with Gasteiger partial charge >= 0.3 is 0 Å². The van der Waals surface area contributed by atoms with Crippen LogP contribution in [0.4, 0.5) is 5.69 Å². The number of anilines is 1. The predicted molar refractivity (Wildman–Crippen MR) is 78.3 cm³/mol. The number of para-hydroxylation sites is 1. The van der Waals surface area contributed by atoms with E-state index in [0.717, 1.165) is 5.69 Å². The van der Waals surface area contributed by atoms with Crippen LogP contribution >= 0.6 is 12.2 Å². The van der Waals surface area contributed by atoms with Crippen LogP contribution < -0.4 is 10.6 Å². The normalized spacial score (nSPS) is 10.0. The molecule has 4 nitrogen and oxygen atoms in total. The van der Waals surface area contributed by atoms with E-state index in [1.807, 2.05) is 30.3 Å². The third-order valence-electron chi connectivity index (χ3n) is 2.54. The third-order valence-corrected chi connectivity index (χ3v) is 2.75. The first kappa shape index (κ1) is 13.3. The van der Waals surface area contributed by atoms with Crippen LogP contribution in [0, 0.1) is 13.8 Å². The molecule has 0 bridgehead atoms. The van der Waals surface area contributed by atoms with Gasteiger partial charge in [-0.05, 0) is 44.3 Å². The average molecular weight is 274 g/mol. The molecule has 0 aliphatic rings. The molecule has 0 fully saturated rings. The van der Waals surface area contributed by atoms with Crippen LogP contribution in [-0.2, 0) is 0 Å². The number of furan rings is 1. The van der Waals surface area contributed by atoms with E-state index in [9.17, 15) is 4.79 Å². The minimum atomic E-state index is -0.275. The highest BCUT2D eigenvalue weighted by Gasteiger charge is 2.14. The van der Waals surface area contributed by atoms with Crippen molar-refractivity contribution >= 4 is 28.9 Å². The number of nitrogens with one attached hydrogen (secondary N) is 2. The maximum Gasteiger partial charge on any atom is 0.260 e. The molecule has 1 aromatic heterocycles. The summed E-state index contributed by atoms with van der Waals surface area (Å²) in [5.74, 6) is 1.00. The van der Waals surface area contributed by atoms with E-state index in [-0.39, 0.29) is 11.0 Å². The smallest absolute Gasteiger partial charge is 0.260 e. The molecule has 1 heterocycles. The van der Waals surface area contributed by atoms with Gasteiger partial charge in [0.05, 0.1) is 5.56 Å². The molecule has 0 unspecified atom stereocenters.